The number of aliphatic hydroxyl groups is 1. The maximum atomic E-state index is 13.6. The van der Waals surface area contributed by atoms with Crippen molar-refractivity contribution in [1.29, 1.82) is 0 Å². The summed E-state index contributed by atoms with van der Waals surface area (Å²) in [6, 6.07) is 11.2. The molecule has 7 nitrogen and oxygen atoms in total. The van der Waals surface area contributed by atoms with Crippen LogP contribution in [0.25, 0.3) is 0 Å². The van der Waals surface area contributed by atoms with Gasteiger partial charge >= 0.3 is 0 Å². The number of benzene rings is 2. The highest BCUT2D eigenvalue weighted by molar-refractivity contribution is 5.92. The lowest BCUT2D eigenvalue weighted by atomic mass is 9.81. The Balaban J connectivity index is 2.04. The molecule has 0 bridgehead atoms. The fourth-order valence-corrected chi connectivity index (χ4v) is 4.66. The normalized spacial score (nSPS) is 14.6. The number of nitrogens with two attached hydrogens (primary N) is 1. The first-order valence-electron chi connectivity index (χ1n) is 13.8. The van der Waals surface area contributed by atoms with Gasteiger partial charge in [-0.1, -0.05) is 39.8 Å². The Kier molecular flexibility index (Phi) is 13.7. The van der Waals surface area contributed by atoms with Crippen molar-refractivity contribution in [3.05, 3.63) is 53.8 Å². The summed E-state index contributed by atoms with van der Waals surface area (Å²) >= 11 is 0. The Morgan fingerprint density at radius 3 is 2.36 bits per heavy atom. The number of methoxy groups -OCH3 is 2. The monoisotopic (exact) mass is 546 g/mol. The highest BCUT2D eigenvalue weighted by Gasteiger charge is 2.30. The lowest BCUT2D eigenvalue weighted by Crippen LogP contribution is -2.41. The molecule has 4 N–H and O–H groups in total. The third kappa shape index (κ3) is 10.8. The van der Waals surface area contributed by atoms with E-state index in [-0.39, 0.29) is 24.2 Å². The molecule has 0 aromatic heterocycles. The third-order valence-corrected chi connectivity index (χ3v) is 7.22. The fourth-order valence-electron chi connectivity index (χ4n) is 4.66. The predicted molar refractivity (Wildman–Crippen MR) is 154 cm³/mol. The summed E-state index contributed by atoms with van der Waals surface area (Å²) in [6.45, 7) is 9.33. The van der Waals surface area contributed by atoms with E-state index in [0.717, 1.165) is 18.4 Å². The minimum absolute atomic E-state index is 0.0251. The van der Waals surface area contributed by atoms with Crippen LogP contribution in [-0.4, -0.2) is 50.6 Å². The van der Waals surface area contributed by atoms with Crippen LogP contribution in [0.5, 0.6) is 11.5 Å². The summed E-state index contributed by atoms with van der Waals surface area (Å²) in [4.78, 5) is 13.0. The van der Waals surface area contributed by atoms with Crippen molar-refractivity contribution >= 4 is 11.6 Å². The molecular weight excluding hydrogens is 499 g/mol. The second-order valence-corrected chi connectivity index (χ2v) is 10.9. The van der Waals surface area contributed by atoms with Crippen LogP contribution in [0.3, 0.4) is 0 Å². The number of nitrogens with one attached hydrogen (secondary N) is 1. The van der Waals surface area contributed by atoms with Crippen molar-refractivity contribution in [2.45, 2.75) is 65.5 Å². The molecule has 218 valence electrons. The molecule has 0 radical (unpaired) electrons. The summed E-state index contributed by atoms with van der Waals surface area (Å²) in [5.74, 6) is 0.754. The van der Waals surface area contributed by atoms with Crippen LogP contribution >= 0.6 is 0 Å². The molecule has 0 spiro atoms. The number of amides is 1. The summed E-state index contributed by atoms with van der Waals surface area (Å²) in [6.07, 6.45) is 1.53. The maximum Gasteiger partial charge on any atom is 0.227 e. The second-order valence-electron chi connectivity index (χ2n) is 10.9. The summed E-state index contributed by atoms with van der Waals surface area (Å²) in [7, 11) is 3.29. The van der Waals surface area contributed by atoms with Crippen LogP contribution in [0.1, 0.15) is 52.5 Å². The number of anilines is 1. The molecule has 0 saturated heterocycles. The van der Waals surface area contributed by atoms with Gasteiger partial charge in [0.05, 0.1) is 19.8 Å². The van der Waals surface area contributed by atoms with Gasteiger partial charge in [0.1, 0.15) is 5.82 Å². The standard InChI is InChI=1S/C31H47FN2O5/c1-20(2)23(15-22-11-12-29(38-6)30(16-22)39-14-8-13-37-5)17-27(33)28(35)19-26(21(3)4)31(36)34-25-10-7-9-24(32)18-25/h7,9-12,16,18,20-21,23,26-28,35H,8,13-15,17,19,33H2,1-6H3,(H,34,36)/t23-,26-,27-,28-/m0/s1. The van der Waals surface area contributed by atoms with Gasteiger partial charge in [-0.25, -0.2) is 4.39 Å². The molecule has 0 aliphatic heterocycles. The molecule has 0 saturated carbocycles. The summed E-state index contributed by atoms with van der Waals surface area (Å²) in [5.41, 5.74) is 8.01. The predicted octanol–water partition coefficient (Wildman–Crippen LogP) is 5.44. The van der Waals surface area contributed by atoms with Gasteiger partial charge in [0.15, 0.2) is 11.5 Å². The Morgan fingerprint density at radius 1 is 1.00 bits per heavy atom. The number of hydrogen-bond acceptors (Lipinski definition) is 6. The van der Waals surface area contributed by atoms with Crippen LogP contribution in [0.4, 0.5) is 10.1 Å². The van der Waals surface area contributed by atoms with Crippen LogP contribution in [0.2, 0.25) is 0 Å². The van der Waals surface area contributed by atoms with E-state index in [1.54, 1.807) is 26.4 Å². The molecule has 2 aromatic carbocycles. The van der Waals surface area contributed by atoms with E-state index >= 15 is 0 Å². The lowest BCUT2D eigenvalue weighted by Gasteiger charge is -2.30. The zero-order chi connectivity index (χ0) is 28.9. The van der Waals surface area contributed by atoms with E-state index in [4.69, 9.17) is 19.9 Å². The molecular formula is C31H47FN2O5. The van der Waals surface area contributed by atoms with Crippen LogP contribution in [-0.2, 0) is 16.0 Å². The number of aliphatic hydroxyl groups excluding tert-OH is 1. The van der Waals surface area contributed by atoms with Crippen molar-refractivity contribution in [1.82, 2.24) is 0 Å². The average Bonchev–Trinajstić information content (AvgIpc) is 2.88. The molecule has 1 amide bonds. The van der Waals surface area contributed by atoms with E-state index in [0.29, 0.717) is 42.7 Å². The summed E-state index contributed by atoms with van der Waals surface area (Å²) < 4.78 is 30.1. The van der Waals surface area contributed by atoms with Gasteiger partial charge in [0, 0.05) is 37.8 Å². The molecule has 0 aliphatic rings. The zero-order valence-corrected chi connectivity index (χ0v) is 24.3. The smallest absolute Gasteiger partial charge is 0.227 e. The Bertz CT molecular complexity index is 1020. The maximum absolute atomic E-state index is 13.6. The second kappa shape index (κ2) is 16.4. The first-order valence-corrected chi connectivity index (χ1v) is 13.8. The van der Waals surface area contributed by atoms with Gasteiger partial charge in [-0.15, -0.1) is 0 Å². The topological polar surface area (TPSA) is 103 Å². The van der Waals surface area contributed by atoms with E-state index < -0.39 is 23.9 Å². The Hall–Kier alpha value is -2.68. The molecule has 39 heavy (non-hydrogen) atoms. The zero-order valence-electron chi connectivity index (χ0n) is 24.3. The molecule has 2 rings (SSSR count). The first-order chi connectivity index (χ1) is 18.5. The Labute approximate surface area is 233 Å². The number of hydrogen-bond donors (Lipinski definition) is 3. The van der Waals surface area contributed by atoms with Crippen molar-refractivity contribution in [3.8, 4) is 11.5 Å². The molecule has 0 heterocycles. The largest absolute Gasteiger partial charge is 0.493 e. The van der Waals surface area contributed by atoms with Crippen molar-refractivity contribution in [2.24, 2.45) is 29.4 Å². The first kappa shape index (κ1) is 32.5. The fraction of sp³-hybridized carbons (Fsp3) is 0.581. The van der Waals surface area contributed by atoms with E-state index in [1.165, 1.54) is 12.1 Å². The van der Waals surface area contributed by atoms with E-state index in [9.17, 15) is 14.3 Å². The molecule has 0 unspecified atom stereocenters. The van der Waals surface area contributed by atoms with Gasteiger partial charge in [0.2, 0.25) is 5.91 Å². The molecule has 4 atom stereocenters. The number of carbonyl (C=O) groups excluding carboxylic acids is 1. The molecule has 2 aromatic rings. The van der Waals surface area contributed by atoms with E-state index in [2.05, 4.69) is 19.2 Å². The van der Waals surface area contributed by atoms with Gasteiger partial charge < -0.3 is 30.4 Å². The molecule has 0 fully saturated rings. The highest BCUT2D eigenvalue weighted by atomic mass is 19.1. The average molecular weight is 547 g/mol. The summed E-state index contributed by atoms with van der Waals surface area (Å²) in [5, 5.41) is 13.8. The van der Waals surface area contributed by atoms with Crippen LogP contribution < -0.4 is 20.5 Å². The minimum atomic E-state index is -0.854. The quantitative estimate of drug-likeness (QED) is 0.228. The van der Waals surface area contributed by atoms with Crippen molar-refractivity contribution < 1.29 is 28.5 Å². The van der Waals surface area contributed by atoms with Gasteiger partial charge in [0.25, 0.3) is 0 Å². The number of carbonyl (C=O) groups is 1. The van der Waals surface area contributed by atoms with Gasteiger partial charge in [-0.3, -0.25) is 4.79 Å². The van der Waals surface area contributed by atoms with Crippen LogP contribution in [0.15, 0.2) is 42.5 Å². The Morgan fingerprint density at radius 2 is 1.74 bits per heavy atom. The van der Waals surface area contributed by atoms with E-state index in [1.807, 2.05) is 32.0 Å². The third-order valence-electron chi connectivity index (χ3n) is 7.22. The number of ether oxygens (including phenoxy) is 3. The molecule has 0 aliphatic carbocycles. The highest BCUT2D eigenvalue weighted by Crippen LogP contribution is 2.32. The number of rotatable bonds is 17. The van der Waals surface area contributed by atoms with Crippen molar-refractivity contribution in [2.75, 3.05) is 32.8 Å². The minimum Gasteiger partial charge on any atom is -0.493 e. The lowest BCUT2D eigenvalue weighted by molar-refractivity contribution is -0.122. The SMILES string of the molecule is COCCCOc1cc(C[C@@H](C[C@H](N)[C@@H](O)C[C@H](C(=O)Nc2cccc(F)c2)C(C)C)C(C)C)ccc1OC. The van der Waals surface area contributed by atoms with Crippen LogP contribution in [0, 0.1) is 29.5 Å². The number of halogens is 1. The van der Waals surface area contributed by atoms with Gasteiger partial charge in [-0.2, -0.15) is 0 Å². The van der Waals surface area contributed by atoms with Gasteiger partial charge in [-0.05, 0) is 72.9 Å². The van der Waals surface area contributed by atoms with Crippen molar-refractivity contribution in [3.63, 3.8) is 0 Å². The molecule has 8 heteroatoms.